The average Bonchev–Trinajstić information content (AvgIpc) is 3.30. The second kappa shape index (κ2) is 17.1. The van der Waals surface area contributed by atoms with Crippen molar-refractivity contribution in [2.75, 3.05) is 13.7 Å². The summed E-state index contributed by atoms with van der Waals surface area (Å²) < 4.78 is 23.3. The fourth-order valence-electron chi connectivity index (χ4n) is 6.78. The second-order valence-corrected chi connectivity index (χ2v) is 21.6. The van der Waals surface area contributed by atoms with Crippen molar-refractivity contribution in [2.45, 2.75) is 166 Å². The van der Waals surface area contributed by atoms with Crippen molar-refractivity contribution in [3.63, 3.8) is 0 Å². The largest absolute Gasteiger partial charge is 0.467 e. The number of ether oxygens (including phenoxy) is 3. The van der Waals surface area contributed by atoms with Crippen LogP contribution in [0, 0.1) is 5.92 Å². The first-order valence-corrected chi connectivity index (χ1v) is 21.5. The highest BCUT2D eigenvalue weighted by Crippen LogP contribution is 2.51. The molecule has 1 N–H and O–H groups in total. The Morgan fingerprint density at radius 1 is 1.00 bits per heavy atom. The molecule has 4 amide bonds. The summed E-state index contributed by atoms with van der Waals surface area (Å²) in [5.74, 6) is -2.59. The molecule has 1 aliphatic heterocycles. The Labute approximate surface area is 306 Å². The molecule has 0 aromatic rings. The fourth-order valence-corrected chi connectivity index (χ4v) is 8.14. The standard InChI is InChI=1S/C38H63N3O9Si/c1-12-14-15-16-17-22-29(39-34(45)48-27-20-18-19-21-27)31(42)40-25-28(50-51(10,11)37(6,7)8)23-30(40)32(43)41(35(46)49-36(3,4)5)38(33(44)47-9)24-26(38)13-2/h12-13,26-30H,1-2,14-25H2,3-11H3,(H,39,45)/t26-,28-,29+,30+,38-/m1/s1. The van der Waals surface area contributed by atoms with E-state index in [-0.39, 0.29) is 30.5 Å². The lowest BCUT2D eigenvalue weighted by Crippen LogP contribution is -2.60. The number of allylic oxidation sites excluding steroid dienone is 1. The van der Waals surface area contributed by atoms with E-state index in [0.717, 1.165) is 49.8 Å². The third-order valence-corrected chi connectivity index (χ3v) is 15.2. The third kappa shape index (κ3) is 10.5. The van der Waals surface area contributed by atoms with E-state index >= 15 is 0 Å². The lowest BCUT2D eigenvalue weighted by Gasteiger charge is -2.38. The number of methoxy groups -OCH3 is 1. The van der Waals surface area contributed by atoms with Gasteiger partial charge in [-0.1, -0.05) is 45.8 Å². The van der Waals surface area contributed by atoms with Gasteiger partial charge in [-0.15, -0.1) is 13.2 Å². The summed E-state index contributed by atoms with van der Waals surface area (Å²) in [4.78, 5) is 72.3. The zero-order chi connectivity index (χ0) is 38.4. The van der Waals surface area contributed by atoms with Crippen molar-refractivity contribution in [3.05, 3.63) is 25.3 Å². The topological polar surface area (TPSA) is 141 Å². The van der Waals surface area contributed by atoms with E-state index < -0.39 is 73.5 Å². The SMILES string of the molecule is C=CCCCCC[C@H](NC(=O)OC1CCCC1)C(=O)N1C[C@H](O[Si](C)(C)C(C)(C)C)C[C@H]1C(=O)N(C(=O)OC(C)(C)C)[C@]1(C(=O)OC)C[C@H]1C=C. The third-order valence-electron chi connectivity index (χ3n) is 10.7. The van der Waals surface area contributed by atoms with Gasteiger partial charge in [0.05, 0.1) is 13.2 Å². The molecule has 0 aromatic carbocycles. The Morgan fingerprint density at radius 3 is 2.18 bits per heavy atom. The Bertz CT molecular complexity index is 1300. The van der Waals surface area contributed by atoms with E-state index in [9.17, 15) is 24.0 Å². The summed E-state index contributed by atoms with van der Waals surface area (Å²) in [5.41, 5.74) is -2.66. The second-order valence-electron chi connectivity index (χ2n) is 16.8. The van der Waals surface area contributed by atoms with E-state index in [0.29, 0.717) is 12.8 Å². The molecule has 5 atom stereocenters. The summed E-state index contributed by atoms with van der Waals surface area (Å²) in [5, 5.41) is 2.66. The number of nitrogens with one attached hydrogen (secondary N) is 1. The van der Waals surface area contributed by atoms with Crippen LogP contribution in [0.4, 0.5) is 9.59 Å². The van der Waals surface area contributed by atoms with Crippen molar-refractivity contribution in [2.24, 2.45) is 5.92 Å². The number of amides is 4. The fraction of sp³-hybridized carbons (Fsp3) is 0.763. The Hall–Kier alpha value is -3.19. The molecular weight excluding hydrogens is 671 g/mol. The summed E-state index contributed by atoms with van der Waals surface area (Å²) in [6.45, 7) is 23.2. The number of rotatable bonds is 15. The number of carbonyl (C=O) groups is 5. The van der Waals surface area contributed by atoms with E-state index in [2.05, 4.69) is 52.3 Å². The van der Waals surface area contributed by atoms with Gasteiger partial charge in [0.1, 0.15) is 23.8 Å². The molecule has 0 aromatic heterocycles. The molecule has 3 aliphatic rings. The minimum Gasteiger partial charge on any atom is -0.467 e. The Morgan fingerprint density at radius 2 is 1.65 bits per heavy atom. The van der Waals surface area contributed by atoms with Crippen LogP contribution >= 0.6 is 0 Å². The van der Waals surface area contributed by atoms with E-state index in [1.54, 1.807) is 20.8 Å². The summed E-state index contributed by atoms with van der Waals surface area (Å²) in [6, 6.07) is -2.18. The summed E-state index contributed by atoms with van der Waals surface area (Å²) >= 11 is 0. The van der Waals surface area contributed by atoms with Gasteiger partial charge >= 0.3 is 18.2 Å². The van der Waals surface area contributed by atoms with E-state index in [1.165, 1.54) is 18.1 Å². The van der Waals surface area contributed by atoms with Crippen LogP contribution in [0.25, 0.3) is 0 Å². The first kappa shape index (κ1) is 42.2. The van der Waals surface area contributed by atoms with Gasteiger partial charge in [-0.2, -0.15) is 0 Å². The maximum Gasteiger partial charge on any atom is 0.418 e. The maximum atomic E-state index is 14.9. The van der Waals surface area contributed by atoms with Gasteiger partial charge < -0.3 is 28.9 Å². The number of nitrogens with zero attached hydrogens (tertiary/aromatic N) is 2. The van der Waals surface area contributed by atoms with Crippen LogP contribution in [-0.4, -0.2) is 97.2 Å². The van der Waals surface area contributed by atoms with Crippen LogP contribution in [0.15, 0.2) is 25.3 Å². The van der Waals surface area contributed by atoms with E-state index in [4.69, 9.17) is 18.6 Å². The van der Waals surface area contributed by atoms with Gasteiger partial charge in [0.25, 0.3) is 5.91 Å². The minimum atomic E-state index is -2.39. The van der Waals surface area contributed by atoms with Gasteiger partial charge in [-0.3, -0.25) is 9.59 Å². The number of imide groups is 1. The molecule has 2 saturated carbocycles. The molecule has 12 nitrogen and oxygen atoms in total. The lowest BCUT2D eigenvalue weighted by molar-refractivity contribution is -0.157. The van der Waals surface area contributed by atoms with Gasteiger partial charge in [0.2, 0.25) is 5.91 Å². The first-order valence-electron chi connectivity index (χ1n) is 18.6. The van der Waals surface area contributed by atoms with Gasteiger partial charge in [0.15, 0.2) is 13.9 Å². The maximum absolute atomic E-state index is 14.9. The van der Waals surface area contributed by atoms with Crippen LogP contribution in [0.5, 0.6) is 0 Å². The predicted molar refractivity (Wildman–Crippen MR) is 197 cm³/mol. The van der Waals surface area contributed by atoms with Crippen LogP contribution < -0.4 is 5.32 Å². The highest BCUT2D eigenvalue weighted by Gasteiger charge is 2.69. The lowest BCUT2D eigenvalue weighted by atomic mass is 10.0. The van der Waals surface area contributed by atoms with Crippen LogP contribution in [0.1, 0.15) is 112 Å². The molecule has 51 heavy (non-hydrogen) atoms. The number of unbranched alkanes of at least 4 members (excludes halogenated alkanes) is 3. The van der Waals surface area contributed by atoms with Crippen molar-refractivity contribution >= 4 is 38.3 Å². The zero-order valence-electron chi connectivity index (χ0n) is 32.5. The average molecular weight is 734 g/mol. The molecular formula is C38H63N3O9Si. The van der Waals surface area contributed by atoms with Crippen molar-refractivity contribution in [1.29, 1.82) is 0 Å². The molecule has 3 fully saturated rings. The Kier molecular flexibility index (Phi) is 14.1. The molecule has 1 heterocycles. The molecule has 1 saturated heterocycles. The van der Waals surface area contributed by atoms with Gasteiger partial charge in [0, 0.05) is 18.9 Å². The Balaban J connectivity index is 2.05. The number of hydrogen-bond donors (Lipinski definition) is 1. The zero-order valence-corrected chi connectivity index (χ0v) is 33.5. The van der Waals surface area contributed by atoms with Crippen LogP contribution in [-0.2, 0) is 33.0 Å². The normalized spacial score (nSPS) is 24.3. The number of esters is 1. The molecule has 288 valence electrons. The molecule has 0 spiro atoms. The smallest absolute Gasteiger partial charge is 0.418 e. The van der Waals surface area contributed by atoms with Gasteiger partial charge in [-0.25, -0.2) is 19.3 Å². The van der Waals surface area contributed by atoms with Crippen LogP contribution in [0.2, 0.25) is 18.1 Å². The molecule has 0 radical (unpaired) electrons. The molecule has 13 heteroatoms. The van der Waals surface area contributed by atoms with Gasteiger partial charge in [-0.05, 0) is 90.3 Å². The molecule has 0 unspecified atom stereocenters. The quantitative estimate of drug-likeness (QED) is 0.0617. The monoisotopic (exact) mass is 733 g/mol. The molecule has 3 rings (SSSR count). The highest BCUT2D eigenvalue weighted by molar-refractivity contribution is 6.74. The molecule has 2 aliphatic carbocycles. The molecule has 0 bridgehead atoms. The summed E-state index contributed by atoms with van der Waals surface area (Å²) in [6.07, 6.45) is 8.13. The van der Waals surface area contributed by atoms with Crippen LogP contribution in [0.3, 0.4) is 0 Å². The predicted octanol–water partition coefficient (Wildman–Crippen LogP) is 7.03. The minimum absolute atomic E-state index is 0.0618. The number of alkyl carbamates (subject to hydrolysis) is 1. The number of carbonyl (C=O) groups excluding carboxylic acids is 5. The van der Waals surface area contributed by atoms with Crippen molar-refractivity contribution in [1.82, 2.24) is 15.1 Å². The first-order chi connectivity index (χ1) is 23.7. The van der Waals surface area contributed by atoms with Crippen molar-refractivity contribution in [3.8, 4) is 0 Å². The van der Waals surface area contributed by atoms with E-state index in [1.807, 2.05) is 6.08 Å². The van der Waals surface area contributed by atoms with Crippen molar-refractivity contribution < 1.29 is 42.6 Å². The summed E-state index contributed by atoms with van der Waals surface area (Å²) in [7, 11) is -1.19. The number of likely N-dealkylation sites (tertiary alicyclic amines) is 1. The number of hydrogen-bond acceptors (Lipinski definition) is 9. The highest BCUT2D eigenvalue weighted by atomic mass is 28.4.